The van der Waals surface area contributed by atoms with Gasteiger partial charge in [0.05, 0.1) is 13.0 Å². The van der Waals surface area contributed by atoms with Gasteiger partial charge < -0.3 is 14.2 Å². The molecule has 1 aromatic heterocycles. The highest BCUT2D eigenvalue weighted by atomic mass is 35.5. The fourth-order valence-electron chi connectivity index (χ4n) is 2.20. The van der Waals surface area contributed by atoms with Crippen LogP contribution in [0.25, 0.3) is 0 Å². The second kappa shape index (κ2) is 7.02. The van der Waals surface area contributed by atoms with Gasteiger partial charge in [-0.1, -0.05) is 6.07 Å². The van der Waals surface area contributed by atoms with Crippen LogP contribution in [0, 0.1) is 0 Å². The monoisotopic (exact) mass is 299 g/mol. The summed E-state index contributed by atoms with van der Waals surface area (Å²) in [6, 6.07) is 3.68. The number of ketones is 1. The minimum atomic E-state index is -0.264. The summed E-state index contributed by atoms with van der Waals surface area (Å²) in [6.45, 7) is 1.84. The third kappa shape index (κ3) is 3.91. The molecule has 5 nitrogen and oxygen atoms in total. The Labute approximate surface area is 123 Å². The third-order valence-electron chi connectivity index (χ3n) is 3.23. The molecule has 1 aliphatic heterocycles. The molecule has 0 spiro atoms. The van der Waals surface area contributed by atoms with Gasteiger partial charge in [0.1, 0.15) is 5.78 Å². The molecule has 1 unspecified atom stereocenters. The summed E-state index contributed by atoms with van der Waals surface area (Å²) >= 11 is 5.59. The molecule has 1 saturated heterocycles. The fraction of sp³-hybridized carbons (Fsp3) is 0.571. The quantitative estimate of drug-likeness (QED) is 0.724. The molecule has 20 heavy (non-hydrogen) atoms. The summed E-state index contributed by atoms with van der Waals surface area (Å²) < 4.78 is 15.9. The van der Waals surface area contributed by atoms with Crippen LogP contribution in [0.1, 0.15) is 31.2 Å². The molecule has 1 aliphatic rings. The van der Waals surface area contributed by atoms with E-state index in [0.29, 0.717) is 18.7 Å². The van der Waals surface area contributed by atoms with Crippen molar-refractivity contribution in [2.75, 3.05) is 13.0 Å². The number of alkyl halides is 1. The Hall–Kier alpha value is -1.17. The SMILES string of the molecule is COc1ccc(C(CC(=O)CCl)CC2OC(C)O2)cn1. The van der Waals surface area contributed by atoms with Gasteiger partial charge >= 0.3 is 0 Å². The lowest BCUT2D eigenvalue weighted by Crippen LogP contribution is -2.39. The van der Waals surface area contributed by atoms with Gasteiger partial charge in [0.15, 0.2) is 12.6 Å². The van der Waals surface area contributed by atoms with E-state index in [0.717, 1.165) is 5.56 Å². The predicted molar refractivity (Wildman–Crippen MR) is 73.9 cm³/mol. The van der Waals surface area contributed by atoms with Gasteiger partial charge in [-0.3, -0.25) is 4.79 Å². The number of methoxy groups -OCH3 is 1. The van der Waals surface area contributed by atoms with Gasteiger partial charge in [-0.25, -0.2) is 4.98 Å². The lowest BCUT2D eigenvalue weighted by molar-refractivity contribution is -0.378. The molecule has 0 amide bonds. The van der Waals surface area contributed by atoms with Crippen LogP contribution >= 0.6 is 11.6 Å². The maximum absolute atomic E-state index is 11.6. The van der Waals surface area contributed by atoms with Gasteiger partial charge in [-0.05, 0) is 18.4 Å². The molecule has 1 aromatic rings. The summed E-state index contributed by atoms with van der Waals surface area (Å²) in [4.78, 5) is 15.8. The van der Waals surface area contributed by atoms with Crippen LogP contribution in [-0.4, -0.2) is 36.3 Å². The van der Waals surface area contributed by atoms with Crippen LogP contribution in [0.5, 0.6) is 5.88 Å². The predicted octanol–water partition coefficient (Wildman–Crippen LogP) is 2.48. The van der Waals surface area contributed by atoms with Crippen LogP contribution in [0.15, 0.2) is 18.3 Å². The van der Waals surface area contributed by atoms with Crippen molar-refractivity contribution in [1.29, 1.82) is 0 Å². The van der Waals surface area contributed by atoms with Crippen molar-refractivity contribution in [1.82, 2.24) is 4.98 Å². The van der Waals surface area contributed by atoms with E-state index in [4.69, 9.17) is 25.8 Å². The van der Waals surface area contributed by atoms with E-state index in [1.807, 2.05) is 13.0 Å². The number of hydrogen-bond acceptors (Lipinski definition) is 5. The van der Waals surface area contributed by atoms with Crippen LogP contribution in [0.2, 0.25) is 0 Å². The molecule has 0 N–H and O–H groups in total. The summed E-state index contributed by atoms with van der Waals surface area (Å²) in [5, 5.41) is 0. The zero-order chi connectivity index (χ0) is 14.5. The lowest BCUT2D eigenvalue weighted by Gasteiger charge is -2.35. The molecule has 0 aromatic carbocycles. The van der Waals surface area contributed by atoms with Crippen molar-refractivity contribution >= 4 is 17.4 Å². The van der Waals surface area contributed by atoms with Crippen molar-refractivity contribution < 1.29 is 19.0 Å². The highest BCUT2D eigenvalue weighted by Crippen LogP contribution is 2.31. The first-order valence-corrected chi connectivity index (χ1v) is 7.04. The number of ether oxygens (including phenoxy) is 3. The van der Waals surface area contributed by atoms with Gasteiger partial charge in [-0.15, -0.1) is 11.6 Å². The Balaban J connectivity index is 2.05. The number of carbonyl (C=O) groups is 1. The van der Waals surface area contributed by atoms with E-state index in [2.05, 4.69) is 4.98 Å². The van der Waals surface area contributed by atoms with Crippen molar-refractivity contribution in [2.45, 2.75) is 38.3 Å². The second-order valence-corrected chi connectivity index (χ2v) is 4.98. The highest BCUT2D eigenvalue weighted by Gasteiger charge is 2.31. The number of pyridine rings is 1. The van der Waals surface area contributed by atoms with E-state index < -0.39 is 0 Å². The van der Waals surface area contributed by atoms with Gasteiger partial charge in [0.25, 0.3) is 0 Å². The Morgan fingerprint density at radius 1 is 1.50 bits per heavy atom. The van der Waals surface area contributed by atoms with Crippen molar-refractivity contribution in [3.63, 3.8) is 0 Å². The maximum atomic E-state index is 11.6. The molecule has 6 heteroatoms. The second-order valence-electron chi connectivity index (χ2n) is 4.71. The first-order valence-electron chi connectivity index (χ1n) is 6.51. The van der Waals surface area contributed by atoms with Crippen LogP contribution < -0.4 is 4.74 Å². The molecule has 0 radical (unpaired) electrons. The third-order valence-corrected chi connectivity index (χ3v) is 3.52. The summed E-state index contributed by atoms with van der Waals surface area (Å²) in [7, 11) is 1.56. The molecule has 0 saturated carbocycles. The minimum Gasteiger partial charge on any atom is -0.481 e. The summed E-state index contributed by atoms with van der Waals surface area (Å²) in [5.74, 6) is 0.543. The van der Waals surface area contributed by atoms with E-state index >= 15 is 0 Å². The molecular formula is C14H18ClNO4. The molecule has 1 fully saturated rings. The normalized spacial score (nSPS) is 22.9. The zero-order valence-electron chi connectivity index (χ0n) is 11.5. The highest BCUT2D eigenvalue weighted by molar-refractivity contribution is 6.27. The molecule has 0 aliphatic carbocycles. The molecule has 2 rings (SSSR count). The maximum Gasteiger partial charge on any atom is 0.212 e. The molecule has 110 valence electrons. The van der Waals surface area contributed by atoms with E-state index in [1.165, 1.54) is 0 Å². The number of Topliss-reactive ketones (excluding diaryl/α,β-unsaturated/α-hetero) is 1. The average molecular weight is 300 g/mol. The standard InChI is InChI=1S/C14H18ClNO4/c1-9-19-14(20-9)6-11(5-12(17)7-15)10-3-4-13(18-2)16-8-10/h3-4,8-9,11,14H,5-7H2,1-2H3. The number of hydrogen-bond donors (Lipinski definition) is 0. The largest absolute Gasteiger partial charge is 0.481 e. The Morgan fingerprint density at radius 3 is 2.75 bits per heavy atom. The minimum absolute atomic E-state index is 0.000133. The Morgan fingerprint density at radius 2 is 2.25 bits per heavy atom. The van der Waals surface area contributed by atoms with Crippen molar-refractivity contribution in [3.8, 4) is 5.88 Å². The van der Waals surface area contributed by atoms with E-state index in [1.54, 1.807) is 19.4 Å². The van der Waals surface area contributed by atoms with Gasteiger partial charge in [-0.2, -0.15) is 0 Å². The molecular weight excluding hydrogens is 282 g/mol. The summed E-state index contributed by atoms with van der Waals surface area (Å²) in [5.41, 5.74) is 0.955. The number of halogens is 1. The smallest absolute Gasteiger partial charge is 0.212 e. The Kier molecular flexibility index (Phi) is 5.34. The first kappa shape index (κ1) is 15.2. The van der Waals surface area contributed by atoms with Crippen LogP contribution in [0.4, 0.5) is 0 Å². The van der Waals surface area contributed by atoms with Gasteiger partial charge in [0.2, 0.25) is 5.88 Å². The van der Waals surface area contributed by atoms with Crippen LogP contribution in [0.3, 0.4) is 0 Å². The van der Waals surface area contributed by atoms with Crippen molar-refractivity contribution in [2.24, 2.45) is 0 Å². The lowest BCUT2D eigenvalue weighted by atomic mass is 9.91. The number of carbonyl (C=O) groups excluding carboxylic acids is 1. The van der Waals surface area contributed by atoms with Crippen LogP contribution in [-0.2, 0) is 14.3 Å². The zero-order valence-corrected chi connectivity index (χ0v) is 12.3. The first-order chi connectivity index (χ1) is 9.62. The van der Waals surface area contributed by atoms with E-state index in [-0.39, 0.29) is 30.2 Å². The molecule has 2 heterocycles. The summed E-state index contributed by atoms with van der Waals surface area (Å²) in [6.07, 6.45) is 2.25. The topological polar surface area (TPSA) is 57.7 Å². The number of nitrogens with zero attached hydrogens (tertiary/aromatic N) is 1. The van der Waals surface area contributed by atoms with Gasteiger partial charge in [0, 0.05) is 25.1 Å². The number of rotatable bonds is 7. The molecule has 0 bridgehead atoms. The van der Waals surface area contributed by atoms with Crippen molar-refractivity contribution in [3.05, 3.63) is 23.9 Å². The Bertz CT molecular complexity index is 445. The number of aromatic nitrogens is 1. The van der Waals surface area contributed by atoms with E-state index in [9.17, 15) is 4.79 Å². The molecule has 1 atom stereocenters. The fourth-order valence-corrected chi connectivity index (χ4v) is 2.31. The average Bonchev–Trinajstić information content (AvgIpc) is 2.44.